The minimum absolute atomic E-state index is 0.0283. The van der Waals surface area contributed by atoms with Gasteiger partial charge >= 0.3 is 0 Å². The highest BCUT2D eigenvalue weighted by Crippen LogP contribution is 2.09. The van der Waals surface area contributed by atoms with Gasteiger partial charge in [-0.3, -0.25) is 4.79 Å². The maximum absolute atomic E-state index is 11.8. The lowest BCUT2D eigenvalue weighted by atomic mass is 10.1. The summed E-state index contributed by atoms with van der Waals surface area (Å²) in [7, 11) is 0. The standard InChI is InChI=1S/C16H16ClNO/c1-12-3-2-4-14(9-12)10-16(19)18-11-13-5-7-15(17)8-6-13/h2-9H,10-11H2,1H3,(H,18,19). The Morgan fingerprint density at radius 3 is 2.53 bits per heavy atom. The van der Waals surface area contributed by atoms with Crippen LogP contribution in [0.3, 0.4) is 0 Å². The number of carbonyl (C=O) groups excluding carboxylic acids is 1. The van der Waals surface area contributed by atoms with Crippen molar-refractivity contribution in [3.8, 4) is 0 Å². The molecule has 2 aromatic rings. The van der Waals surface area contributed by atoms with E-state index < -0.39 is 0 Å². The molecule has 0 aromatic heterocycles. The van der Waals surface area contributed by atoms with E-state index in [1.807, 2.05) is 55.5 Å². The molecule has 0 aliphatic heterocycles. The molecule has 2 rings (SSSR count). The van der Waals surface area contributed by atoms with Crippen molar-refractivity contribution < 1.29 is 4.79 Å². The Morgan fingerprint density at radius 2 is 1.84 bits per heavy atom. The van der Waals surface area contributed by atoms with Gasteiger partial charge in [-0.05, 0) is 30.2 Å². The van der Waals surface area contributed by atoms with E-state index in [0.29, 0.717) is 18.0 Å². The molecular formula is C16H16ClNO. The molecule has 0 saturated carbocycles. The first kappa shape index (κ1) is 13.6. The van der Waals surface area contributed by atoms with Crippen molar-refractivity contribution in [1.29, 1.82) is 0 Å². The van der Waals surface area contributed by atoms with E-state index in [1.54, 1.807) is 0 Å². The molecule has 19 heavy (non-hydrogen) atoms. The molecule has 2 aromatic carbocycles. The summed E-state index contributed by atoms with van der Waals surface area (Å²) < 4.78 is 0. The molecular weight excluding hydrogens is 258 g/mol. The summed E-state index contributed by atoms with van der Waals surface area (Å²) in [6.45, 7) is 2.55. The van der Waals surface area contributed by atoms with E-state index in [4.69, 9.17) is 11.6 Å². The quantitative estimate of drug-likeness (QED) is 0.907. The first-order valence-electron chi connectivity index (χ1n) is 6.20. The van der Waals surface area contributed by atoms with Crippen molar-refractivity contribution in [2.24, 2.45) is 0 Å². The Bertz CT molecular complexity index is 563. The van der Waals surface area contributed by atoms with Crippen LogP contribution in [-0.2, 0) is 17.8 Å². The van der Waals surface area contributed by atoms with Crippen molar-refractivity contribution in [2.75, 3.05) is 0 Å². The second-order valence-electron chi connectivity index (χ2n) is 4.57. The number of hydrogen-bond acceptors (Lipinski definition) is 1. The fourth-order valence-corrected chi connectivity index (χ4v) is 2.00. The number of benzene rings is 2. The summed E-state index contributed by atoms with van der Waals surface area (Å²) >= 11 is 5.81. The first-order chi connectivity index (χ1) is 9.13. The van der Waals surface area contributed by atoms with Gasteiger partial charge < -0.3 is 5.32 Å². The highest BCUT2D eigenvalue weighted by Gasteiger charge is 2.03. The molecule has 0 spiro atoms. The van der Waals surface area contributed by atoms with Crippen LogP contribution in [0.2, 0.25) is 5.02 Å². The van der Waals surface area contributed by atoms with Crippen LogP contribution in [0.15, 0.2) is 48.5 Å². The van der Waals surface area contributed by atoms with Crippen LogP contribution in [0, 0.1) is 6.92 Å². The zero-order valence-corrected chi connectivity index (χ0v) is 11.6. The third-order valence-electron chi connectivity index (χ3n) is 2.85. The van der Waals surface area contributed by atoms with Crippen LogP contribution in [0.25, 0.3) is 0 Å². The fourth-order valence-electron chi connectivity index (χ4n) is 1.87. The molecule has 0 fully saturated rings. The summed E-state index contributed by atoms with van der Waals surface area (Å²) in [4.78, 5) is 11.8. The minimum atomic E-state index is 0.0283. The Balaban J connectivity index is 1.86. The third kappa shape index (κ3) is 4.42. The zero-order chi connectivity index (χ0) is 13.7. The van der Waals surface area contributed by atoms with Crippen molar-refractivity contribution in [1.82, 2.24) is 5.32 Å². The number of amides is 1. The normalized spacial score (nSPS) is 10.2. The predicted octanol–water partition coefficient (Wildman–Crippen LogP) is 3.51. The van der Waals surface area contributed by atoms with E-state index in [9.17, 15) is 4.79 Å². The van der Waals surface area contributed by atoms with Crippen molar-refractivity contribution in [2.45, 2.75) is 19.9 Å². The topological polar surface area (TPSA) is 29.1 Å². The highest BCUT2D eigenvalue weighted by molar-refractivity contribution is 6.30. The molecule has 2 nitrogen and oxygen atoms in total. The summed E-state index contributed by atoms with van der Waals surface area (Å²) in [6, 6.07) is 15.5. The van der Waals surface area contributed by atoms with Gasteiger partial charge in [-0.25, -0.2) is 0 Å². The summed E-state index contributed by atoms with van der Waals surface area (Å²) in [5.74, 6) is 0.0283. The molecule has 0 radical (unpaired) electrons. The molecule has 0 heterocycles. The van der Waals surface area contributed by atoms with Gasteiger partial charge in [-0.1, -0.05) is 53.6 Å². The van der Waals surface area contributed by atoms with Gasteiger partial charge in [0.25, 0.3) is 0 Å². The lowest BCUT2D eigenvalue weighted by Gasteiger charge is -2.06. The van der Waals surface area contributed by atoms with E-state index in [-0.39, 0.29) is 5.91 Å². The van der Waals surface area contributed by atoms with E-state index in [1.165, 1.54) is 5.56 Å². The molecule has 0 bridgehead atoms. The maximum atomic E-state index is 11.8. The van der Waals surface area contributed by atoms with Gasteiger partial charge in [0.2, 0.25) is 5.91 Å². The van der Waals surface area contributed by atoms with Crippen LogP contribution < -0.4 is 5.32 Å². The lowest BCUT2D eigenvalue weighted by molar-refractivity contribution is -0.120. The monoisotopic (exact) mass is 273 g/mol. The maximum Gasteiger partial charge on any atom is 0.224 e. The number of hydrogen-bond donors (Lipinski definition) is 1. The molecule has 0 saturated heterocycles. The summed E-state index contributed by atoms with van der Waals surface area (Å²) in [5.41, 5.74) is 3.25. The number of halogens is 1. The average Bonchev–Trinajstić information content (AvgIpc) is 2.38. The third-order valence-corrected chi connectivity index (χ3v) is 3.10. The second-order valence-corrected chi connectivity index (χ2v) is 5.01. The lowest BCUT2D eigenvalue weighted by Crippen LogP contribution is -2.24. The molecule has 0 aliphatic carbocycles. The minimum Gasteiger partial charge on any atom is -0.352 e. The van der Waals surface area contributed by atoms with Gasteiger partial charge in [0.1, 0.15) is 0 Å². The Morgan fingerprint density at radius 1 is 1.11 bits per heavy atom. The molecule has 1 amide bonds. The second kappa shape index (κ2) is 6.39. The zero-order valence-electron chi connectivity index (χ0n) is 10.8. The number of carbonyl (C=O) groups is 1. The largest absolute Gasteiger partial charge is 0.352 e. The number of rotatable bonds is 4. The molecule has 1 N–H and O–H groups in total. The SMILES string of the molecule is Cc1cccc(CC(=O)NCc2ccc(Cl)cc2)c1. The predicted molar refractivity (Wildman–Crippen MR) is 78.2 cm³/mol. The Kier molecular flexibility index (Phi) is 4.58. The fraction of sp³-hybridized carbons (Fsp3) is 0.188. The molecule has 3 heteroatoms. The smallest absolute Gasteiger partial charge is 0.224 e. The van der Waals surface area contributed by atoms with Crippen LogP contribution in [0.5, 0.6) is 0 Å². The number of aryl methyl sites for hydroxylation is 1. The van der Waals surface area contributed by atoms with E-state index in [2.05, 4.69) is 5.32 Å². The first-order valence-corrected chi connectivity index (χ1v) is 6.58. The van der Waals surface area contributed by atoms with Gasteiger partial charge in [-0.15, -0.1) is 0 Å². The highest BCUT2D eigenvalue weighted by atomic mass is 35.5. The van der Waals surface area contributed by atoms with Gasteiger partial charge in [0.15, 0.2) is 0 Å². The van der Waals surface area contributed by atoms with Crippen molar-refractivity contribution in [3.05, 3.63) is 70.2 Å². The van der Waals surface area contributed by atoms with Gasteiger partial charge in [0.05, 0.1) is 6.42 Å². The summed E-state index contributed by atoms with van der Waals surface area (Å²) in [6.07, 6.45) is 0.412. The molecule has 0 aliphatic rings. The van der Waals surface area contributed by atoms with E-state index in [0.717, 1.165) is 11.1 Å². The Hall–Kier alpha value is -1.80. The molecule has 98 valence electrons. The number of nitrogens with one attached hydrogen (secondary N) is 1. The average molecular weight is 274 g/mol. The summed E-state index contributed by atoms with van der Waals surface area (Å²) in [5, 5.41) is 3.61. The van der Waals surface area contributed by atoms with Gasteiger partial charge in [0, 0.05) is 11.6 Å². The van der Waals surface area contributed by atoms with Gasteiger partial charge in [-0.2, -0.15) is 0 Å². The van der Waals surface area contributed by atoms with Crippen LogP contribution in [0.4, 0.5) is 0 Å². The van der Waals surface area contributed by atoms with Crippen LogP contribution in [0.1, 0.15) is 16.7 Å². The molecule has 0 atom stereocenters. The van der Waals surface area contributed by atoms with E-state index >= 15 is 0 Å². The van der Waals surface area contributed by atoms with Crippen molar-refractivity contribution in [3.63, 3.8) is 0 Å². The molecule has 0 unspecified atom stereocenters. The van der Waals surface area contributed by atoms with Crippen LogP contribution in [-0.4, -0.2) is 5.91 Å². The van der Waals surface area contributed by atoms with Crippen molar-refractivity contribution >= 4 is 17.5 Å². The Labute approximate surface area is 118 Å². The van der Waals surface area contributed by atoms with Crippen LogP contribution >= 0.6 is 11.6 Å².